The fourth-order valence-electron chi connectivity index (χ4n) is 1.79. The lowest BCUT2D eigenvalue weighted by atomic mass is 10.1. The van der Waals surface area contributed by atoms with Gasteiger partial charge in [-0.1, -0.05) is 24.3 Å². The molecule has 0 aliphatic heterocycles. The average Bonchev–Trinajstić information content (AvgIpc) is 2.34. The van der Waals surface area contributed by atoms with Crippen LogP contribution in [0.5, 0.6) is 11.5 Å². The summed E-state index contributed by atoms with van der Waals surface area (Å²) in [5, 5.41) is 0. The lowest BCUT2D eigenvalue weighted by Crippen LogP contribution is -2.04. The van der Waals surface area contributed by atoms with Crippen LogP contribution in [0.4, 0.5) is 0 Å². The Morgan fingerprint density at radius 1 is 1.00 bits per heavy atom. The number of benzene rings is 2. The van der Waals surface area contributed by atoms with Crippen molar-refractivity contribution in [3.63, 3.8) is 0 Å². The lowest BCUT2D eigenvalue weighted by molar-refractivity contribution is 0.482. The van der Waals surface area contributed by atoms with Crippen molar-refractivity contribution in [3.8, 4) is 11.5 Å². The van der Waals surface area contributed by atoms with E-state index in [0.29, 0.717) is 6.54 Å². The predicted molar refractivity (Wildman–Crippen MR) is 70.5 cm³/mol. The molecule has 2 rings (SSSR count). The standard InChI is InChI=1S/C15H17NO/c1-12-11-15(8-7-13(12)9-10-16)17-14-5-3-2-4-6-14/h2-8,11H,9-10,16H2,1H3. The molecule has 0 heterocycles. The molecule has 0 aliphatic rings. The molecule has 88 valence electrons. The topological polar surface area (TPSA) is 35.2 Å². The molecule has 0 unspecified atom stereocenters. The van der Waals surface area contributed by atoms with Gasteiger partial charge in [0.1, 0.15) is 11.5 Å². The van der Waals surface area contributed by atoms with Crippen LogP contribution in [0.25, 0.3) is 0 Å². The number of hydrogen-bond acceptors (Lipinski definition) is 2. The molecule has 0 fully saturated rings. The quantitative estimate of drug-likeness (QED) is 0.869. The number of nitrogens with two attached hydrogens (primary N) is 1. The number of hydrogen-bond donors (Lipinski definition) is 1. The molecule has 0 amide bonds. The monoisotopic (exact) mass is 227 g/mol. The van der Waals surface area contributed by atoms with E-state index in [1.54, 1.807) is 0 Å². The van der Waals surface area contributed by atoms with Crippen molar-refractivity contribution in [2.75, 3.05) is 6.54 Å². The van der Waals surface area contributed by atoms with Crippen LogP contribution < -0.4 is 10.5 Å². The molecule has 0 saturated carbocycles. The van der Waals surface area contributed by atoms with Gasteiger partial charge >= 0.3 is 0 Å². The third-order valence-electron chi connectivity index (χ3n) is 2.71. The van der Waals surface area contributed by atoms with E-state index in [9.17, 15) is 0 Å². The van der Waals surface area contributed by atoms with Gasteiger partial charge in [0.2, 0.25) is 0 Å². The summed E-state index contributed by atoms with van der Waals surface area (Å²) in [5.41, 5.74) is 8.07. The van der Waals surface area contributed by atoms with E-state index in [0.717, 1.165) is 17.9 Å². The summed E-state index contributed by atoms with van der Waals surface area (Å²) in [6.45, 7) is 2.77. The van der Waals surface area contributed by atoms with Crippen LogP contribution in [0.3, 0.4) is 0 Å². The smallest absolute Gasteiger partial charge is 0.127 e. The molecule has 2 heteroatoms. The van der Waals surface area contributed by atoms with E-state index >= 15 is 0 Å². The zero-order chi connectivity index (χ0) is 12.1. The summed E-state index contributed by atoms with van der Waals surface area (Å²) in [5.74, 6) is 1.73. The first-order chi connectivity index (χ1) is 8.29. The first-order valence-electron chi connectivity index (χ1n) is 5.82. The summed E-state index contributed by atoms with van der Waals surface area (Å²) in [4.78, 5) is 0. The van der Waals surface area contributed by atoms with Crippen molar-refractivity contribution in [2.45, 2.75) is 13.3 Å². The van der Waals surface area contributed by atoms with Crippen molar-refractivity contribution in [2.24, 2.45) is 5.73 Å². The van der Waals surface area contributed by atoms with Gasteiger partial charge in [-0.2, -0.15) is 0 Å². The molecular weight excluding hydrogens is 210 g/mol. The Labute approximate surface area is 102 Å². The summed E-state index contributed by atoms with van der Waals surface area (Å²) in [6, 6.07) is 15.9. The normalized spacial score (nSPS) is 10.2. The van der Waals surface area contributed by atoms with Crippen LogP contribution in [0.15, 0.2) is 48.5 Å². The molecule has 2 aromatic carbocycles. The van der Waals surface area contributed by atoms with Gasteiger partial charge in [-0.05, 0) is 55.3 Å². The Bertz CT molecular complexity index is 480. The molecule has 17 heavy (non-hydrogen) atoms. The SMILES string of the molecule is Cc1cc(Oc2ccccc2)ccc1CCN. The molecule has 0 atom stereocenters. The van der Waals surface area contributed by atoms with E-state index in [4.69, 9.17) is 10.5 Å². The zero-order valence-corrected chi connectivity index (χ0v) is 10.0. The highest BCUT2D eigenvalue weighted by Crippen LogP contribution is 2.23. The van der Waals surface area contributed by atoms with Crippen LogP contribution in [0, 0.1) is 6.92 Å². The molecule has 2 nitrogen and oxygen atoms in total. The van der Waals surface area contributed by atoms with Crippen LogP contribution in [-0.4, -0.2) is 6.54 Å². The van der Waals surface area contributed by atoms with Gasteiger partial charge in [-0.15, -0.1) is 0 Å². The first-order valence-corrected chi connectivity index (χ1v) is 5.82. The Balaban J connectivity index is 2.15. The zero-order valence-electron chi connectivity index (χ0n) is 10.0. The van der Waals surface area contributed by atoms with Crippen molar-refractivity contribution in [1.82, 2.24) is 0 Å². The van der Waals surface area contributed by atoms with Gasteiger partial charge in [-0.25, -0.2) is 0 Å². The second kappa shape index (κ2) is 5.51. The van der Waals surface area contributed by atoms with Crippen LogP contribution in [-0.2, 0) is 6.42 Å². The van der Waals surface area contributed by atoms with Gasteiger partial charge in [0, 0.05) is 0 Å². The number of aryl methyl sites for hydroxylation is 1. The van der Waals surface area contributed by atoms with E-state index in [-0.39, 0.29) is 0 Å². The van der Waals surface area contributed by atoms with Gasteiger partial charge in [0.05, 0.1) is 0 Å². The average molecular weight is 227 g/mol. The molecule has 2 aromatic rings. The largest absolute Gasteiger partial charge is 0.457 e. The van der Waals surface area contributed by atoms with E-state index in [1.165, 1.54) is 11.1 Å². The fourth-order valence-corrected chi connectivity index (χ4v) is 1.79. The Kier molecular flexibility index (Phi) is 3.78. The third-order valence-corrected chi connectivity index (χ3v) is 2.71. The molecule has 0 aliphatic carbocycles. The minimum Gasteiger partial charge on any atom is -0.457 e. The molecule has 0 saturated heterocycles. The minimum absolute atomic E-state index is 0.680. The number of ether oxygens (including phenoxy) is 1. The van der Waals surface area contributed by atoms with E-state index in [2.05, 4.69) is 19.1 Å². The van der Waals surface area contributed by atoms with E-state index in [1.807, 2.05) is 36.4 Å². The summed E-state index contributed by atoms with van der Waals surface area (Å²) in [7, 11) is 0. The van der Waals surface area contributed by atoms with Gasteiger partial charge in [0.15, 0.2) is 0 Å². The van der Waals surface area contributed by atoms with Crippen molar-refractivity contribution in [1.29, 1.82) is 0 Å². The Hall–Kier alpha value is -1.80. The highest BCUT2D eigenvalue weighted by molar-refractivity contribution is 5.37. The van der Waals surface area contributed by atoms with Gasteiger partial charge in [0.25, 0.3) is 0 Å². The van der Waals surface area contributed by atoms with Crippen LogP contribution in [0.1, 0.15) is 11.1 Å². The highest BCUT2D eigenvalue weighted by Gasteiger charge is 2.01. The van der Waals surface area contributed by atoms with Crippen LogP contribution >= 0.6 is 0 Å². The van der Waals surface area contributed by atoms with E-state index < -0.39 is 0 Å². The maximum Gasteiger partial charge on any atom is 0.127 e. The number of rotatable bonds is 4. The highest BCUT2D eigenvalue weighted by atomic mass is 16.5. The molecule has 2 N–H and O–H groups in total. The van der Waals surface area contributed by atoms with Crippen molar-refractivity contribution < 1.29 is 4.74 Å². The fraction of sp³-hybridized carbons (Fsp3) is 0.200. The third kappa shape index (κ3) is 3.08. The summed E-state index contributed by atoms with van der Waals surface area (Å²) >= 11 is 0. The van der Waals surface area contributed by atoms with Crippen LogP contribution in [0.2, 0.25) is 0 Å². The van der Waals surface area contributed by atoms with Gasteiger partial charge in [-0.3, -0.25) is 0 Å². The maximum atomic E-state index is 5.76. The first kappa shape index (κ1) is 11.7. The maximum absolute atomic E-state index is 5.76. The summed E-state index contributed by atoms with van der Waals surface area (Å²) in [6.07, 6.45) is 0.914. The molecule has 0 radical (unpaired) electrons. The molecular formula is C15H17NO. The molecule has 0 bridgehead atoms. The predicted octanol–water partition coefficient (Wildman–Crippen LogP) is 3.29. The Morgan fingerprint density at radius 3 is 2.41 bits per heavy atom. The lowest BCUT2D eigenvalue weighted by Gasteiger charge is -2.09. The molecule has 0 spiro atoms. The molecule has 0 aromatic heterocycles. The summed E-state index contributed by atoms with van der Waals surface area (Å²) < 4.78 is 5.76. The van der Waals surface area contributed by atoms with Crippen molar-refractivity contribution >= 4 is 0 Å². The Morgan fingerprint density at radius 2 is 1.76 bits per heavy atom. The minimum atomic E-state index is 0.680. The van der Waals surface area contributed by atoms with Gasteiger partial charge < -0.3 is 10.5 Å². The van der Waals surface area contributed by atoms with Crippen molar-refractivity contribution in [3.05, 3.63) is 59.7 Å². The second-order valence-corrected chi connectivity index (χ2v) is 4.04. The number of para-hydroxylation sites is 1. The second-order valence-electron chi connectivity index (χ2n) is 4.04.